The average molecular weight is 471 g/mol. The minimum atomic E-state index is -0.0167. The van der Waals surface area contributed by atoms with Crippen LogP contribution in [0.25, 0.3) is 22.3 Å². The number of likely N-dealkylation sites (N-methyl/N-ethyl adjacent to an activating group) is 1. The summed E-state index contributed by atoms with van der Waals surface area (Å²) in [6.45, 7) is 7.85. The van der Waals surface area contributed by atoms with Crippen molar-refractivity contribution in [1.29, 1.82) is 0 Å². The molecule has 1 fully saturated rings. The van der Waals surface area contributed by atoms with Crippen LogP contribution in [-0.2, 0) is 4.79 Å². The van der Waals surface area contributed by atoms with Gasteiger partial charge in [0.1, 0.15) is 5.82 Å². The third kappa shape index (κ3) is 5.09. The van der Waals surface area contributed by atoms with Gasteiger partial charge in [-0.25, -0.2) is 9.97 Å². The van der Waals surface area contributed by atoms with E-state index < -0.39 is 0 Å². The van der Waals surface area contributed by atoms with Gasteiger partial charge in [0.15, 0.2) is 11.6 Å². The lowest BCUT2D eigenvalue weighted by atomic mass is 10.1. The molecule has 3 heterocycles. The van der Waals surface area contributed by atoms with Crippen LogP contribution in [0.1, 0.15) is 19.0 Å². The lowest BCUT2D eigenvalue weighted by Crippen LogP contribution is -2.44. The fourth-order valence-corrected chi connectivity index (χ4v) is 4.16. The van der Waals surface area contributed by atoms with E-state index in [-0.39, 0.29) is 5.91 Å². The van der Waals surface area contributed by atoms with Gasteiger partial charge in [0.2, 0.25) is 5.91 Å². The first kappa shape index (κ1) is 22.8. The maximum atomic E-state index is 11.7. The van der Waals surface area contributed by atoms with Crippen molar-refractivity contribution < 1.29 is 4.79 Å². The van der Waals surface area contributed by atoms with Crippen LogP contribution in [0.3, 0.4) is 0 Å². The number of nitrogens with one attached hydrogen (secondary N) is 3. The summed E-state index contributed by atoms with van der Waals surface area (Å²) in [6.07, 6.45) is 0.437. The maximum absolute atomic E-state index is 11.7. The predicted molar refractivity (Wildman–Crippen MR) is 140 cm³/mol. The van der Waals surface area contributed by atoms with Gasteiger partial charge in [-0.05, 0) is 56.4 Å². The minimum absolute atomic E-state index is 0.0167. The van der Waals surface area contributed by atoms with E-state index in [1.165, 1.54) is 0 Å². The molecule has 0 bridgehead atoms. The predicted octanol–water partition coefficient (Wildman–Crippen LogP) is 4.17. The third-order valence-electron chi connectivity index (χ3n) is 6.25. The Kier molecular flexibility index (Phi) is 6.33. The van der Waals surface area contributed by atoms with E-state index in [1.54, 1.807) is 0 Å². The Labute approximate surface area is 204 Å². The Morgan fingerprint density at radius 3 is 2.49 bits per heavy atom. The second kappa shape index (κ2) is 9.71. The van der Waals surface area contributed by atoms with Crippen LogP contribution in [0.5, 0.6) is 0 Å². The molecular weight excluding hydrogens is 440 g/mol. The van der Waals surface area contributed by atoms with Crippen LogP contribution in [0.2, 0.25) is 0 Å². The Bertz CT molecular complexity index is 1340. The molecule has 0 spiro atoms. The van der Waals surface area contributed by atoms with Gasteiger partial charge in [-0.2, -0.15) is 5.10 Å². The van der Waals surface area contributed by atoms with E-state index in [1.807, 2.05) is 44.2 Å². The number of amides is 1. The summed E-state index contributed by atoms with van der Waals surface area (Å²) >= 11 is 0. The molecule has 1 aliphatic heterocycles. The summed E-state index contributed by atoms with van der Waals surface area (Å²) in [4.78, 5) is 26.2. The number of aromatic amines is 1. The molecule has 2 aromatic carbocycles. The standard InChI is InChI=1S/C26H30N8O/c1-4-24(35)27-19-7-5-18(6-8-19)25-28-22-16-20(34-13-11-33(3)12-14-34)9-10-21(22)26(30-25)29-23-15-17(2)31-32-23/h5-10,15-16H,4,11-14H2,1-3H3,(H,27,35)(H2,28,29,30,31,32). The summed E-state index contributed by atoms with van der Waals surface area (Å²) in [6, 6.07) is 15.9. The van der Waals surface area contributed by atoms with Gasteiger partial charge in [-0.15, -0.1) is 0 Å². The Morgan fingerprint density at radius 1 is 1.03 bits per heavy atom. The second-order valence-electron chi connectivity index (χ2n) is 8.93. The molecule has 9 heteroatoms. The molecule has 5 rings (SSSR count). The number of H-pyrrole nitrogens is 1. The molecule has 0 atom stereocenters. The molecule has 1 amide bonds. The number of anilines is 4. The van der Waals surface area contributed by atoms with Crippen molar-refractivity contribution in [2.45, 2.75) is 20.3 Å². The number of carbonyl (C=O) groups excluding carboxylic acids is 1. The van der Waals surface area contributed by atoms with Crippen LogP contribution < -0.4 is 15.5 Å². The van der Waals surface area contributed by atoms with Crippen molar-refractivity contribution >= 4 is 39.8 Å². The lowest BCUT2D eigenvalue weighted by molar-refractivity contribution is -0.115. The number of piperazine rings is 1. The Balaban J connectivity index is 1.53. The van der Waals surface area contributed by atoms with Gasteiger partial charge in [-0.3, -0.25) is 9.89 Å². The summed E-state index contributed by atoms with van der Waals surface area (Å²) in [7, 11) is 2.16. The molecule has 2 aromatic heterocycles. The number of aryl methyl sites for hydroxylation is 1. The van der Waals surface area contributed by atoms with Gasteiger partial charge in [0, 0.05) is 66.7 Å². The topological polar surface area (TPSA) is 102 Å². The molecule has 0 aliphatic carbocycles. The first-order valence-corrected chi connectivity index (χ1v) is 11.9. The smallest absolute Gasteiger partial charge is 0.224 e. The number of aromatic nitrogens is 4. The van der Waals surface area contributed by atoms with Crippen molar-refractivity contribution in [3.63, 3.8) is 0 Å². The van der Waals surface area contributed by atoms with E-state index >= 15 is 0 Å². The molecule has 1 saturated heterocycles. The quantitative estimate of drug-likeness (QED) is 0.389. The fraction of sp³-hybridized carbons (Fsp3) is 0.308. The number of hydrogen-bond donors (Lipinski definition) is 3. The molecule has 0 radical (unpaired) electrons. The van der Waals surface area contributed by atoms with Gasteiger partial charge in [0.25, 0.3) is 0 Å². The molecule has 9 nitrogen and oxygen atoms in total. The highest BCUT2D eigenvalue weighted by Crippen LogP contribution is 2.30. The molecule has 4 aromatic rings. The Hall–Kier alpha value is -3.98. The molecule has 35 heavy (non-hydrogen) atoms. The number of benzene rings is 2. The Morgan fingerprint density at radius 2 is 1.80 bits per heavy atom. The van der Waals surface area contributed by atoms with Crippen molar-refractivity contribution in [2.24, 2.45) is 0 Å². The van der Waals surface area contributed by atoms with Gasteiger partial charge >= 0.3 is 0 Å². The number of rotatable bonds is 6. The first-order valence-electron chi connectivity index (χ1n) is 11.9. The maximum Gasteiger partial charge on any atom is 0.224 e. The van der Waals surface area contributed by atoms with Crippen molar-refractivity contribution in [3.8, 4) is 11.4 Å². The minimum Gasteiger partial charge on any atom is -0.369 e. The number of fused-ring (bicyclic) bond motifs is 1. The second-order valence-corrected chi connectivity index (χ2v) is 8.93. The third-order valence-corrected chi connectivity index (χ3v) is 6.25. The molecule has 0 unspecified atom stereocenters. The van der Waals surface area contributed by atoms with E-state index in [9.17, 15) is 4.79 Å². The normalized spacial score (nSPS) is 14.3. The van der Waals surface area contributed by atoms with Gasteiger partial charge < -0.3 is 20.4 Å². The number of nitrogens with zero attached hydrogens (tertiary/aromatic N) is 5. The van der Waals surface area contributed by atoms with Crippen molar-refractivity contribution in [1.82, 2.24) is 25.1 Å². The summed E-state index contributed by atoms with van der Waals surface area (Å²) in [5.74, 6) is 1.99. The summed E-state index contributed by atoms with van der Waals surface area (Å²) in [5, 5.41) is 14.4. The van der Waals surface area contributed by atoms with Crippen molar-refractivity contribution in [2.75, 3.05) is 48.8 Å². The first-order chi connectivity index (χ1) is 17.0. The lowest BCUT2D eigenvalue weighted by Gasteiger charge is -2.34. The van der Waals surface area contributed by atoms with Crippen LogP contribution in [0, 0.1) is 6.92 Å². The molecule has 0 saturated carbocycles. The fourth-order valence-electron chi connectivity index (χ4n) is 4.16. The molecule has 1 aliphatic rings. The summed E-state index contributed by atoms with van der Waals surface area (Å²) < 4.78 is 0. The van der Waals surface area contributed by atoms with Crippen LogP contribution in [-0.4, -0.2) is 64.2 Å². The highest BCUT2D eigenvalue weighted by Gasteiger charge is 2.17. The monoisotopic (exact) mass is 470 g/mol. The molecular formula is C26H30N8O. The zero-order chi connectivity index (χ0) is 24.4. The van der Waals surface area contributed by atoms with Gasteiger partial charge in [0.05, 0.1) is 5.52 Å². The van der Waals surface area contributed by atoms with Gasteiger partial charge in [-0.1, -0.05) is 6.92 Å². The highest BCUT2D eigenvalue weighted by atomic mass is 16.1. The SMILES string of the molecule is CCC(=O)Nc1ccc(-c2nc(Nc3cc(C)[nH]n3)c3ccc(N4CCN(C)CC4)cc3n2)cc1. The van der Waals surface area contributed by atoms with Crippen LogP contribution >= 0.6 is 0 Å². The molecule has 180 valence electrons. The largest absolute Gasteiger partial charge is 0.369 e. The number of hydrogen-bond acceptors (Lipinski definition) is 7. The van der Waals surface area contributed by atoms with E-state index in [0.717, 1.165) is 59.7 Å². The highest BCUT2D eigenvalue weighted by molar-refractivity contribution is 5.94. The van der Waals surface area contributed by atoms with Crippen LogP contribution in [0.4, 0.5) is 23.0 Å². The van der Waals surface area contributed by atoms with E-state index in [4.69, 9.17) is 9.97 Å². The number of carbonyl (C=O) groups is 1. The average Bonchev–Trinajstić information content (AvgIpc) is 3.28. The van der Waals surface area contributed by atoms with Crippen LogP contribution in [0.15, 0.2) is 48.5 Å². The van der Waals surface area contributed by atoms with Crippen molar-refractivity contribution in [3.05, 3.63) is 54.2 Å². The zero-order valence-corrected chi connectivity index (χ0v) is 20.3. The zero-order valence-electron chi connectivity index (χ0n) is 20.3. The molecule has 3 N–H and O–H groups in total. The van der Waals surface area contributed by atoms with E-state index in [2.05, 4.69) is 55.9 Å². The van der Waals surface area contributed by atoms with E-state index in [0.29, 0.717) is 23.9 Å². The summed E-state index contributed by atoms with van der Waals surface area (Å²) in [5.41, 5.74) is 4.61.